The lowest BCUT2D eigenvalue weighted by Crippen LogP contribution is -2.42. The van der Waals surface area contributed by atoms with E-state index in [2.05, 4.69) is 11.6 Å². The fourth-order valence-corrected chi connectivity index (χ4v) is 1.76. The Kier molecular flexibility index (Phi) is 4.00. The molecule has 0 spiro atoms. The van der Waals surface area contributed by atoms with Gasteiger partial charge in [-0.25, -0.2) is 4.79 Å². The van der Waals surface area contributed by atoms with Gasteiger partial charge < -0.3 is 5.11 Å². The molecule has 0 radical (unpaired) electrons. The smallest absolute Gasteiger partial charge is 0.341 e. The second kappa shape index (κ2) is 5.88. The van der Waals surface area contributed by atoms with Crippen molar-refractivity contribution in [1.29, 1.82) is 0 Å². The Bertz CT molecular complexity index is 666. The average Bonchev–Trinajstić information content (AvgIpc) is 2.48. The Labute approximate surface area is 115 Å². The largest absolute Gasteiger partial charge is 0.477 e. The molecule has 0 fully saturated rings. The molecule has 0 saturated carbocycles. The standard InChI is InChI=1S/C15H12N2O3/c1-11(15(19)20)13-9-16-7-8-17(13)10-14(18)12-5-3-2-4-6-12/h2-9H,1,10H2/p+1. The van der Waals surface area contributed by atoms with Crippen molar-refractivity contribution in [2.45, 2.75) is 6.54 Å². The summed E-state index contributed by atoms with van der Waals surface area (Å²) >= 11 is 0. The molecule has 2 rings (SSSR count). The van der Waals surface area contributed by atoms with Gasteiger partial charge in [-0.3, -0.25) is 9.78 Å². The van der Waals surface area contributed by atoms with Crippen LogP contribution in [0.2, 0.25) is 0 Å². The molecular formula is C15H13N2O3+. The number of aromatic nitrogens is 2. The normalized spacial score (nSPS) is 10.0. The third-order valence-corrected chi connectivity index (χ3v) is 2.82. The van der Waals surface area contributed by atoms with Crippen LogP contribution < -0.4 is 4.57 Å². The first-order valence-electron chi connectivity index (χ1n) is 5.94. The van der Waals surface area contributed by atoms with Crippen molar-refractivity contribution in [3.8, 4) is 0 Å². The summed E-state index contributed by atoms with van der Waals surface area (Å²) in [6.45, 7) is 3.53. The van der Waals surface area contributed by atoms with Gasteiger partial charge in [0.2, 0.25) is 18.0 Å². The summed E-state index contributed by atoms with van der Waals surface area (Å²) in [6.07, 6.45) is 4.44. The molecule has 0 saturated heterocycles. The number of ketones is 1. The van der Waals surface area contributed by atoms with Crippen LogP contribution in [-0.2, 0) is 11.3 Å². The lowest BCUT2D eigenvalue weighted by Gasteiger charge is -2.03. The third-order valence-electron chi connectivity index (χ3n) is 2.82. The number of Topliss-reactive ketones (excluding diaryl/α,β-unsaturated/α-hetero) is 1. The molecule has 0 amide bonds. The third kappa shape index (κ3) is 2.95. The molecule has 0 aliphatic carbocycles. The Morgan fingerprint density at radius 1 is 1.25 bits per heavy atom. The highest BCUT2D eigenvalue weighted by Gasteiger charge is 2.22. The summed E-state index contributed by atoms with van der Waals surface area (Å²) in [5.41, 5.74) is 0.784. The van der Waals surface area contributed by atoms with Gasteiger partial charge in [-0.15, -0.1) is 0 Å². The zero-order chi connectivity index (χ0) is 14.5. The molecule has 1 heterocycles. The van der Waals surface area contributed by atoms with E-state index in [0.29, 0.717) is 11.3 Å². The van der Waals surface area contributed by atoms with E-state index in [4.69, 9.17) is 5.11 Å². The van der Waals surface area contributed by atoms with Crippen LogP contribution in [-0.4, -0.2) is 21.8 Å². The fourth-order valence-electron chi connectivity index (χ4n) is 1.76. The van der Waals surface area contributed by atoms with Crippen molar-refractivity contribution >= 4 is 17.3 Å². The highest BCUT2D eigenvalue weighted by molar-refractivity contribution is 6.13. The number of carbonyl (C=O) groups excluding carboxylic acids is 1. The first-order chi connectivity index (χ1) is 9.59. The number of carbonyl (C=O) groups is 2. The molecular weight excluding hydrogens is 256 g/mol. The molecule has 0 bridgehead atoms. The first-order valence-corrected chi connectivity index (χ1v) is 5.94. The summed E-state index contributed by atoms with van der Waals surface area (Å²) in [7, 11) is 0. The van der Waals surface area contributed by atoms with Crippen molar-refractivity contribution in [3.63, 3.8) is 0 Å². The van der Waals surface area contributed by atoms with Crippen molar-refractivity contribution in [2.75, 3.05) is 0 Å². The van der Waals surface area contributed by atoms with Crippen LogP contribution in [0.5, 0.6) is 0 Å². The maximum Gasteiger partial charge on any atom is 0.341 e. The van der Waals surface area contributed by atoms with Gasteiger partial charge in [0.1, 0.15) is 5.57 Å². The number of nitrogens with zero attached hydrogens (tertiary/aromatic N) is 2. The maximum atomic E-state index is 12.1. The van der Waals surface area contributed by atoms with Gasteiger partial charge in [0, 0.05) is 5.56 Å². The number of carboxylic acids is 1. The predicted molar refractivity (Wildman–Crippen MR) is 71.9 cm³/mol. The molecule has 2 aromatic rings. The Morgan fingerprint density at radius 2 is 1.95 bits per heavy atom. The number of aliphatic carboxylic acids is 1. The van der Waals surface area contributed by atoms with E-state index >= 15 is 0 Å². The molecule has 0 aliphatic rings. The van der Waals surface area contributed by atoms with Gasteiger partial charge in [-0.1, -0.05) is 36.9 Å². The van der Waals surface area contributed by atoms with Gasteiger partial charge in [0.15, 0.2) is 6.20 Å². The van der Waals surface area contributed by atoms with Crippen molar-refractivity contribution in [3.05, 3.63) is 66.8 Å². The molecule has 5 heteroatoms. The Morgan fingerprint density at radius 3 is 2.60 bits per heavy atom. The lowest BCUT2D eigenvalue weighted by molar-refractivity contribution is -0.685. The molecule has 20 heavy (non-hydrogen) atoms. The molecule has 5 nitrogen and oxygen atoms in total. The van der Waals surface area contributed by atoms with Crippen LogP contribution in [0.1, 0.15) is 16.1 Å². The van der Waals surface area contributed by atoms with Crippen LogP contribution in [0, 0.1) is 0 Å². The summed E-state index contributed by atoms with van der Waals surface area (Å²) < 4.78 is 1.53. The van der Waals surface area contributed by atoms with E-state index in [0.717, 1.165) is 0 Å². The lowest BCUT2D eigenvalue weighted by atomic mass is 10.1. The van der Waals surface area contributed by atoms with Crippen molar-refractivity contribution in [2.24, 2.45) is 0 Å². The van der Waals surface area contributed by atoms with Gasteiger partial charge in [-0.05, 0) is 0 Å². The maximum absolute atomic E-state index is 12.1. The van der Waals surface area contributed by atoms with E-state index < -0.39 is 5.97 Å². The highest BCUT2D eigenvalue weighted by Crippen LogP contribution is 2.06. The van der Waals surface area contributed by atoms with E-state index in [1.807, 2.05) is 6.07 Å². The van der Waals surface area contributed by atoms with Crippen molar-refractivity contribution < 1.29 is 19.3 Å². The van der Waals surface area contributed by atoms with Crippen LogP contribution in [0.3, 0.4) is 0 Å². The van der Waals surface area contributed by atoms with E-state index in [1.165, 1.54) is 17.0 Å². The fraction of sp³-hybridized carbons (Fsp3) is 0.0667. The van der Waals surface area contributed by atoms with E-state index in [1.54, 1.807) is 30.5 Å². The summed E-state index contributed by atoms with van der Waals surface area (Å²) in [4.78, 5) is 27.0. The first kappa shape index (κ1) is 13.6. The van der Waals surface area contributed by atoms with Crippen LogP contribution >= 0.6 is 0 Å². The molecule has 1 N–H and O–H groups in total. The number of hydrogen-bond acceptors (Lipinski definition) is 3. The van der Waals surface area contributed by atoms with Crippen molar-refractivity contribution in [1.82, 2.24) is 4.98 Å². The molecule has 0 aliphatic heterocycles. The van der Waals surface area contributed by atoms with Gasteiger partial charge in [0.25, 0.3) is 0 Å². The minimum Gasteiger partial charge on any atom is -0.477 e. The summed E-state index contributed by atoms with van der Waals surface area (Å²) in [6, 6.07) is 8.82. The Balaban J connectivity index is 2.28. The predicted octanol–water partition coefficient (Wildman–Crippen LogP) is 1.35. The Hall–Kier alpha value is -2.82. The monoisotopic (exact) mass is 269 g/mol. The van der Waals surface area contributed by atoms with Gasteiger partial charge in [0.05, 0.1) is 12.4 Å². The highest BCUT2D eigenvalue weighted by atomic mass is 16.4. The molecule has 0 atom stereocenters. The SMILES string of the molecule is C=C(C(=O)O)c1cncc[n+]1CC(=O)c1ccccc1. The number of benzene rings is 1. The molecule has 1 aromatic carbocycles. The minimum atomic E-state index is -1.14. The van der Waals surface area contributed by atoms with Crippen LogP contribution in [0.4, 0.5) is 0 Å². The topological polar surface area (TPSA) is 71.1 Å². The number of carboxylic acid groups (broad SMARTS) is 1. The zero-order valence-corrected chi connectivity index (χ0v) is 10.7. The second-order valence-electron chi connectivity index (χ2n) is 4.16. The molecule has 100 valence electrons. The second-order valence-corrected chi connectivity index (χ2v) is 4.16. The van der Waals surface area contributed by atoms with Gasteiger partial charge >= 0.3 is 5.97 Å². The van der Waals surface area contributed by atoms with Crippen LogP contribution in [0.25, 0.3) is 5.57 Å². The van der Waals surface area contributed by atoms with Gasteiger partial charge in [-0.2, -0.15) is 4.57 Å². The number of rotatable bonds is 5. The van der Waals surface area contributed by atoms with E-state index in [-0.39, 0.29) is 17.9 Å². The molecule has 0 unspecified atom stereocenters. The van der Waals surface area contributed by atoms with Crippen LogP contribution in [0.15, 0.2) is 55.5 Å². The quantitative estimate of drug-likeness (QED) is 0.505. The van der Waals surface area contributed by atoms with E-state index in [9.17, 15) is 9.59 Å². The average molecular weight is 269 g/mol. The minimum absolute atomic E-state index is 0.0359. The zero-order valence-electron chi connectivity index (χ0n) is 10.7. The summed E-state index contributed by atoms with van der Waals surface area (Å²) in [5, 5.41) is 8.99. The molecule has 1 aromatic heterocycles. The summed E-state index contributed by atoms with van der Waals surface area (Å²) in [5.74, 6) is -1.25. The number of hydrogen-bond donors (Lipinski definition) is 1.